The predicted molar refractivity (Wildman–Crippen MR) is 74.5 cm³/mol. The van der Waals surface area contributed by atoms with Crippen molar-refractivity contribution in [2.24, 2.45) is 0 Å². The number of benzene rings is 1. The Morgan fingerprint density at radius 3 is 2.70 bits per heavy atom. The third kappa shape index (κ3) is 3.05. The summed E-state index contributed by atoms with van der Waals surface area (Å²) in [7, 11) is 0. The third-order valence-electron chi connectivity index (χ3n) is 2.59. The van der Waals surface area contributed by atoms with E-state index >= 15 is 0 Å². The fraction of sp³-hybridized carbons (Fsp3) is 0.154. The van der Waals surface area contributed by atoms with Crippen LogP contribution in [0.15, 0.2) is 33.0 Å². The van der Waals surface area contributed by atoms with Gasteiger partial charge in [0.15, 0.2) is 10.9 Å². The fourth-order valence-corrected chi connectivity index (χ4v) is 2.68. The lowest BCUT2D eigenvalue weighted by Gasteiger charge is -2.08. The Hall–Kier alpha value is -2.15. The lowest BCUT2D eigenvalue weighted by molar-refractivity contribution is 0.101. The molecule has 2 rings (SSSR count). The molecule has 0 aliphatic carbocycles. The minimum Gasteiger partial charge on any atom is -0.383 e. The molecule has 0 bridgehead atoms. The number of nitrogens with one attached hydrogen (secondary N) is 1. The molecule has 0 unspecified atom stereocenters. The molecule has 0 amide bonds. The number of hydrogen-bond acceptors (Lipinski definition) is 5. The SMILES string of the molecule is CC(=O)c1cc(F)c(C)cc1Sc1nc(N)cc(=O)[nH]1. The van der Waals surface area contributed by atoms with Gasteiger partial charge < -0.3 is 10.7 Å². The number of aromatic nitrogens is 2. The van der Waals surface area contributed by atoms with Crippen LogP contribution in [-0.4, -0.2) is 15.8 Å². The van der Waals surface area contributed by atoms with Crippen LogP contribution in [0.3, 0.4) is 0 Å². The first-order valence-electron chi connectivity index (χ1n) is 5.72. The lowest BCUT2D eigenvalue weighted by atomic mass is 10.1. The Balaban J connectivity index is 2.49. The molecule has 0 spiro atoms. The molecule has 0 aliphatic rings. The molecule has 1 aromatic carbocycles. The first-order chi connectivity index (χ1) is 9.36. The molecular formula is C13H12FN3O2S. The average Bonchev–Trinajstić information content (AvgIpc) is 2.31. The maximum atomic E-state index is 13.5. The Morgan fingerprint density at radius 2 is 2.10 bits per heavy atom. The van der Waals surface area contributed by atoms with Crippen LogP contribution >= 0.6 is 11.8 Å². The summed E-state index contributed by atoms with van der Waals surface area (Å²) in [6, 6.07) is 3.89. The van der Waals surface area contributed by atoms with E-state index in [0.29, 0.717) is 10.5 Å². The average molecular weight is 293 g/mol. The molecule has 0 atom stereocenters. The van der Waals surface area contributed by atoms with Gasteiger partial charge in [-0.05, 0) is 31.5 Å². The summed E-state index contributed by atoms with van der Waals surface area (Å²) in [5, 5.41) is 0.253. The normalized spacial score (nSPS) is 10.6. The Bertz CT molecular complexity index is 743. The monoisotopic (exact) mass is 293 g/mol. The summed E-state index contributed by atoms with van der Waals surface area (Å²) >= 11 is 1.06. The van der Waals surface area contributed by atoms with Crippen LogP contribution in [-0.2, 0) is 0 Å². The number of nitrogen functional groups attached to an aromatic ring is 1. The van der Waals surface area contributed by atoms with Gasteiger partial charge in [0.05, 0.1) is 0 Å². The van der Waals surface area contributed by atoms with Crippen LogP contribution in [0.5, 0.6) is 0 Å². The van der Waals surface area contributed by atoms with Crippen molar-refractivity contribution >= 4 is 23.4 Å². The number of aryl methyl sites for hydroxylation is 1. The zero-order valence-electron chi connectivity index (χ0n) is 10.9. The number of hydrogen-bond donors (Lipinski definition) is 2. The van der Waals surface area contributed by atoms with E-state index in [4.69, 9.17) is 5.73 Å². The smallest absolute Gasteiger partial charge is 0.253 e. The Kier molecular flexibility index (Phi) is 3.89. The van der Waals surface area contributed by atoms with Gasteiger partial charge in [-0.3, -0.25) is 9.59 Å². The first-order valence-corrected chi connectivity index (χ1v) is 6.54. The highest BCUT2D eigenvalue weighted by atomic mass is 32.2. The molecule has 2 aromatic rings. The Labute approximate surface area is 118 Å². The van der Waals surface area contributed by atoms with Crippen molar-refractivity contribution in [2.45, 2.75) is 23.9 Å². The van der Waals surface area contributed by atoms with E-state index in [1.54, 1.807) is 13.0 Å². The predicted octanol–water partition coefficient (Wildman–Crippen LogP) is 2.15. The lowest BCUT2D eigenvalue weighted by Crippen LogP contribution is -2.09. The summed E-state index contributed by atoms with van der Waals surface area (Å²) in [4.78, 5) is 29.9. The van der Waals surface area contributed by atoms with Crippen LogP contribution in [0.2, 0.25) is 0 Å². The highest BCUT2D eigenvalue weighted by Crippen LogP contribution is 2.30. The quantitative estimate of drug-likeness (QED) is 0.668. The Morgan fingerprint density at radius 1 is 1.40 bits per heavy atom. The summed E-state index contributed by atoms with van der Waals surface area (Å²) < 4.78 is 13.5. The van der Waals surface area contributed by atoms with E-state index in [0.717, 1.165) is 17.8 Å². The molecule has 7 heteroatoms. The number of nitrogens with two attached hydrogens (primary N) is 1. The molecule has 0 saturated heterocycles. The van der Waals surface area contributed by atoms with Crippen LogP contribution < -0.4 is 11.3 Å². The molecule has 5 nitrogen and oxygen atoms in total. The van der Waals surface area contributed by atoms with Gasteiger partial charge in [-0.1, -0.05) is 11.8 Å². The molecule has 0 aliphatic heterocycles. The zero-order chi connectivity index (χ0) is 14.9. The first kappa shape index (κ1) is 14.3. The number of carbonyl (C=O) groups excluding carboxylic acids is 1. The summed E-state index contributed by atoms with van der Waals surface area (Å²) in [5.41, 5.74) is 5.75. The summed E-state index contributed by atoms with van der Waals surface area (Å²) in [6.45, 7) is 2.95. The summed E-state index contributed by atoms with van der Waals surface area (Å²) in [6.07, 6.45) is 0. The number of nitrogens with zero attached hydrogens (tertiary/aromatic N) is 1. The van der Waals surface area contributed by atoms with Crippen molar-refractivity contribution in [1.29, 1.82) is 0 Å². The number of anilines is 1. The largest absolute Gasteiger partial charge is 0.383 e. The van der Waals surface area contributed by atoms with Gasteiger partial charge in [0.1, 0.15) is 11.6 Å². The van der Waals surface area contributed by atoms with Crippen LogP contribution in [0.25, 0.3) is 0 Å². The molecule has 3 N–H and O–H groups in total. The van der Waals surface area contributed by atoms with Gasteiger partial charge >= 0.3 is 0 Å². The van der Waals surface area contributed by atoms with Crippen molar-refractivity contribution in [3.05, 3.63) is 45.5 Å². The second-order valence-electron chi connectivity index (χ2n) is 4.23. The highest BCUT2D eigenvalue weighted by molar-refractivity contribution is 7.99. The second-order valence-corrected chi connectivity index (χ2v) is 5.26. The van der Waals surface area contributed by atoms with Crippen molar-refractivity contribution in [1.82, 2.24) is 9.97 Å². The minimum atomic E-state index is -0.450. The second kappa shape index (κ2) is 5.46. The molecule has 0 fully saturated rings. The zero-order valence-corrected chi connectivity index (χ0v) is 11.7. The number of halogens is 1. The van der Waals surface area contributed by atoms with Gasteiger partial charge in [-0.25, -0.2) is 9.37 Å². The van der Waals surface area contributed by atoms with Crippen molar-refractivity contribution in [3.8, 4) is 0 Å². The topological polar surface area (TPSA) is 88.8 Å². The molecule has 1 heterocycles. The van der Waals surface area contributed by atoms with E-state index in [-0.39, 0.29) is 27.9 Å². The molecule has 0 radical (unpaired) electrons. The fourth-order valence-electron chi connectivity index (χ4n) is 1.62. The van der Waals surface area contributed by atoms with Gasteiger partial charge in [0.2, 0.25) is 0 Å². The molecular weight excluding hydrogens is 281 g/mol. The van der Waals surface area contributed by atoms with Crippen molar-refractivity contribution in [3.63, 3.8) is 0 Å². The van der Waals surface area contributed by atoms with Gasteiger partial charge in [-0.15, -0.1) is 0 Å². The van der Waals surface area contributed by atoms with Crippen LogP contribution in [0, 0.1) is 12.7 Å². The van der Waals surface area contributed by atoms with Gasteiger partial charge in [-0.2, -0.15) is 0 Å². The maximum Gasteiger partial charge on any atom is 0.253 e. The summed E-state index contributed by atoms with van der Waals surface area (Å²) in [5.74, 6) is -0.634. The maximum absolute atomic E-state index is 13.5. The van der Waals surface area contributed by atoms with E-state index in [9.17, 15) is 14.0 Å². The van der Waals surface area contributed by atoms with Crippen LogP contribution in [0.1, 0.15) is 22.8 Å². The molecule has 1 aromatic heterocycles. The number of H-pyrrole nitrogens is 1. The minimum absolute atomic E-state index is 0.0828. The number of Topliss-reactive ketones (excluding diaryl/α,β-unsaturated/α-hetero) is 1. The molecule has 0 saturated carbocycles. The number of rotatable bonds is 3. The van der Waals surface area contributed by atoms with Crippen molar-refractivity contribution in [2.75, 3.05) is 5.73 Å². The number of carbonyl (C=O) groups is 1. The van der Waals surface area contributed by atoms with Crippen molar-refractivity contribution < 1.29 is 9.18 Å². The standard InChI is InChI=1S/C13H12FN3O2S/c1-6-3-10(8(7(2)18)4-9(6)14)20-13-16-11(15)5-12(19)17-13/h3-5H,1-2H3,(H3,15,16,17,19). The molecule has 104 valence electrons. The van der Waals surface area contributed by atoms with E-state index in [1.807, 2.05) is 0 Å². The molecule has 20 heavy (non-hydrogen) atoms. The van der Waals surface area contributed by atoms with E-state index in [2.05, 4.69) is 9.97 Å². The van der Waals surface area contributed by atoms with Gasteiger partial charge in [0, 0.05) is 16.5 Å². The van der Waals surface area contributed by atoms with E-state index < -0.39 is 5.82 Å². The number of ketones is 1. The number of aromatic amines is 1. The van der Waals surface area contributed by atoms with Crippen LogP contribution in [0.4, 0.5) is 10.2 Å². The highest BCUT2D eigenvalue weighted by Gasteiger charge is 2.13. The van der Waals surface area contributed by atoms with Gasteiger partial charge in [0.25, 0.3) is 5.56 Å². The third-order valence-corrected chi connectivity index (χ3v) is 3.53. The van der Waals surface area contributed by atoms with E-state index in [1.165, 1.54) is 13.0 Å².